The maximum Gasteiger partial charge on any atom is -0.0184 e. The van der Waals surface area contributed by atoms with Crippen molar-refractivity contribution in [2.75, 3.05) is 0 Å². The van der Waals surface area contributed by atoms with Gasteiger partial charge in [-0.3, -0.25) is 0 Å². The van der Waals surface area contributed by atoms with Crippen molar-refractivity contribution in [2.24, 2.45) is 0 Å². The lowest BCUT2D eigenvalue weighted by atomic mass is 9.98. The van der Waals surface area contributed by atoms with Crippen molar-refractivity contribution in [2.45, 2.75) is 27.7 Å². The Balaban J connectivity index is 0.000000660. The normalized spacial score (nSPS) is 9.43. The van der Waals surface area contributed by atoms with Crippen LogP contribution < -0.4 is 0 Å². The summed E-state index contributed by atoms with van der Waals surface area (Å²) in [6.07, 6.45) is 0. The van der Waals surface area contributed by atoms with Gasteiger partial charge in [0.15, 0.2) is 0 Å². The van der Waals surface area contributed by atoms with Gasteiger partial charge in [0.2, 0.25) is 0 Å². The molecule has 0 heteroatoms. The van der Waals surface area contributed by atoms with E-state index in [1.54, 1.807) is 0 Å². The van der Waals surface area contributed by atoms with E-state index in [2.05, 4.69) is 97.1 Å². The first kappa shape index (κ1) is 21.2. The maximum atomic E-state index is 2.19. The van der Waals surface area contributed by atoms with E-state index < -0.39 is 0 Å². The second-order valence-electron chi connectivity index (χ2n) is 5.89. The largest absolute Gasteiger partial charge is 0.0683 e. The van der Waals surface area contributed by atoms with Crippen LogP contribution in [0, 0.1) is 0 Å². The van der Waals surface area contributed by atoms with Crippen molar-refractivity contribution < 1.29 is 0 Å². The Morgan fingerprint density at radius 2 is 0.429 bits per heavy atom. The molecule has 0 aliphatic rings. The van der Waals surface area contributed by atoms with Crippen LogP contribution in [0.5, 0.6) is 0 Å². The van der Waals surface area contributed by atoms with E-state index in [9.17, 15) is 0 Å². The minimum Gasteiger partial charge on any atom is -0.0683 e. The van der Waals surface area contributed by atoms with Gasteiger partial charge in [0.1, 0.15) is 0 Å². The first-order valence-electron chi connectivity index (χ1n) is 10.2. The summed E-state index contributed by atoms with van der Waals surface area (Å²) < 4.78 is 0. The third kappa shape index (κ3) is 5.44. The van der Waals surface area contributed by atoms with Crippen molar-refractivity contribution in [1.29, 1.82) is 0 Å². The molecule has 0 aliphatic carbocycles. The summed E-state index contributed by atoms with van der Waals surface area (Å²) >= 11 is 0. The topological polar surface area (TPSA) is 0 Å². The van der Waals surface area contributed by atoms with Crippen molar-refractivity contribution in [3.05, 3.63) is 109 Å². The van der Waals surface area contributed by atoms with Gasteiger partial charge in [-0.05, 0) is 33.4 Å². The number of benzene rings is 4. The Hall–Kier alpha value is -3.12. The average molecular weight is 367 g/mol. The van der Waals surface area contributed by atoms with Crippen LogP contribution in [-0.4, -0.2) is 0 Å². The van der Waals surface area contributed by atoms with Gasteiger partial charge in [-0.15, -0.1) is 0 Å². The molecule has 0 aromatic heterocycles. The van der Waals surface area contributed by atoms with Gasteiger partial charge in [-0.1, -0.05) is 137 Å². The van der Waals surface area contributed by atoms with E-state index in [1.807, 2.05) is 39.8 Å². The van der Waals surface area contributed by atoms with Crippen LogP contribution in [0.3, 0.4) is 0 Å². The predicted octanol–water partition coefficient (Wildman–Crippen LogP) is 8.74. The zero-order valence-electron chi connectivity index (χ0n) is 17.4. The fourth-order valence-corrected chi connectivity index (χ4v) is 2.97. The molecule has 0 unspecified atom stereocenters. The van der Waals surface area contributed by atoms with E-state index in [1.165, 1.54) is 33.4 Å². The molecule has 0 radical (unpaired) electrons. The van der Waals surface area contributed by atoms with Crippen LogP contribution >= 0.6 is 0 Å². The monoisotopic (exact) mass is 366 g/mol. The minimum atomic E-state index is 1.24. The van der Waals surface area contributed by atoms with Crippen LogP contribution in [0.2, 0.25) is 0 Å². The van der Waals surface area contributed by atoms with Crippen LogP contribution in [0.1, 0.15) is 27.7 Å². The molecular formula is C28H30. The van der Waals surface area contributed by atoms with Gasteiger partial charge in [0.25, 0.3) is 0 Å². The SMILES string of the molecule is CC.CC.c1ccc(-c2ccc(-c3ccc(-c4ccccc4)cc3)cc2)cc1. The van der Waals surface area contributed by atoms with Crippen molar-refractivity contribution in [1.82, 2.24) is 0 Å². The van der Waals surface area contributed by atoms with Gasteiger partial charge in [-0.25, -0.2) is 0 Å². The molecule has 142 valence electrons. The zero-order chi connectivity index (χ0) is 20.2. The van der Waals surface area contributed by atoms with Gasteiger partial charge in [0.05, 0.1) is 0 Å². The summed E-state index contributed by atoms with van der Waals surface area (Å²) in [6.45, 7) is 8.00. The van der Waals surface area contributed by atoms with Crippen LogP contribution in [0.4, 0.5) is 0 Å². The van der Waals surface area contributed by atoms with Gasteiger partial charge >= 0.3 is 0 Å². The summed E-state index contributed by atoms with van der Waals surface area (Å²) in [5.41, 5.74) is 7.50. The minimum absolute atomic E-state index is 1.24. The van der Waals surface area contributed by atoms with Crippen molar-refractivity contribution in [3.63, 3.8) is 0 Å². The summed E-state index contributed by atoms with van der Waals surface area (Å²) in [5, 5.41) is 0. The van der Waals surface area contributed by atoms with E-state index in [-0.39, 0.29) is 0 Å². The highest BCUT2D eigenvalue weighted by molar-refractivity contribution is 5.73. The second-order valence-corrected chi connectivity index (χ2v) is 5.89. The highest BCUT2D eigenvalue weighted by Crippen LogP contribution is 2.27. The molecule has 0 saturated carbocycles. The van der Waals surface area contributed by atoms with Crippen LogP contribution in [0.15, 0.2) is 109 Å². The smallest absolute Gasteiger partial charge is 0.0184 e. The summed E-state index contributed by atoms with van der Waals surface area (Å²) in [6, 6.07) is 38.5. The van der Waals surface area contributed by atoms with Crippen molar-refractivity contribution in [3.8, 4) is 33.4 Å². The molecule has 4 rings (SSSR count). The molecule has 0 fully saturated rings. The molecular weight excluding hydrogens is 336 g/mol. The molecule has 0 nitrogen and oxygen atoms in total. The number of rotatable bonds is 3. The Bertz CT molecular complexity index is 822. The molecule has 4 aromatic carbocycles. The molecule has 4 aromatic rings. The zero-order valence-corrected chi connectivity index (χ0v) is 17.4. The maximum absolute atomic E-state index is 2.19. The third-order valence-corrected chi connectivity index (χ3v) is 4.32. The van der Waals surface area contributed by atoms with E-state index in [4.69, 9.17) is 0 Å². The standard InChI is InChI=1S/C24H18.2C2H6/c1-3-7-19(8-4-1)21-11-15-23(16-12-21)24-17-13-22(14-18-24)20-9-5-2-6-10-20;2*1-2/h1-18H;2*1-2H3. The highest BCUT2D eigenvalue weighted by Gasteiger charge is 2.01. The number of hydrogen-bond acceptors (Lipinski definition) is 0. The first-order chi connectivity index (χ1) is 13.9. The molecule has 0 atom stereocenters. The first-order valence-corrected chi connectivity index (χ1v) is 10.2. The van der Waals surface area contributed by atoms with E-state index in [0.717, 1.165) is 0 Å². The van der Waals surface area contributed by atoms with Gasteiger partial charge in [0, 0.05) is 0 Å². The quantitative estimate of drug-likeness (QED) is 0.340. The Kier molecular flexibility index (Phi) is 8.75. The van der Waals surface area contributed by atoms with E-state index in [0.29, 0.717) is 0 Å². The highest BCUT2D eigenvalue weighted by atomic mass is 14.1. The lowest BCUT2D eigenvalue weighted by molar-refractivity contribution is 1.50. The fraction of sp³-hybridized carbons (Fsp3) is 0.143. The summed E-state index contributed by atoms with van der Waals surface area (Å²) in [5.74, 6) is 0. The fourth-order valence-electron chi connectivity index (χ4n) is 2.97. The molecule has 0 amide bonds. The molecule has 28 heavy (non-hydrogen) atoms. The molecule has 0 bridgehead atoms. The molecule has 0 aliphatic heterocycles. The molecule has 0 N–H and O–H groups in total. The predicted molar refractivity (Wildman–Crippen MR) is 125 cm³/mol. The van der Waals surface area contributed by atoms with Crippen molar-refractivity contribution >= 4 is 0 Å². The number of hydrogen-bond donors (Lipinski definition) is 0. The molecule has 0 heterocycles. The Labute approximate surface area is 170 Å². The second kappa shape index (κ2) is 11.6. The van der Waals surface area contributed by atoms with Crippen LogP contribution in [-0.2, 0) is 0 Å². The van der Waals surface area contributed by atoms with Gasteiger partial charge in [-0.2, -0.15) is 0 Å². The van der Waals surface area contributed by atoms with Gasteiger partial charge < -0.3 is 0 Å². The molecule has 0 spiro atoms. The molecule has 0 saturated heterocycles. The lowest BCUT2D eigenvalue weighted by Crippen LogP contribution is -1.81. The Morgan fingerprint density at radius 1 is 0.250 bits per heavy atom. The van der Waals surface area contributed by atoms with E-state index >= 15 is 0 Å². The third-order valence-electron chi connectivity index (χ3n) is 4.32. The Morgan fingerprint density at radius 3 is 0.643 bits per heavy atom. The summed E-state index contributed by atoms with van der Waals surface area (Å²) in [7, 11) is 0. The van der Waals surface area contributed by atoms with Crippen LogP contribution in [0.25, 0.3) is 33.4 Å². The average Bonchev–Trinajstić information content (AvgIpc) is 2.83. The summed E-state index contributed by atoms with van der Waals surface area (Å²) in [4.78, 5) is 0. The lowest BCUT2D eigenvalue weighted by Gasteiger charge is -2.07.